The van der Waals surface area contributed by atoms with Gasteiger partial charge in [-0.15, -0.1) is 0 Å². The van der Waals surface area contributed by atoms with Crippen molar-refractivity contribution in [2.24, 2.45) is 0 Å². The van der Waals surface area contributed by atoms with Gasteiger partial charge in [-0.3, -0.25) is 9.35 Å². The molecule has 0 bridgehead atoms. The molecular weight excluding hydrogens is 304 g/mol. The van der Waals surface area contributed by atoms with Crippen LogP contribution in [0.3, 0.4) is 0 Å². The fourth-order valence-corrected chi connectivity index (χ4v) is 3.51. The fourth-order valence-electron chi connectivity index (χ4n) is 2.63. The Balaban J connectivity index is 3.32. The van der Waals surface area contributed by atoms with Gasteiger partial charge in [-0.2, -0.15) is 8.42 Å². The van der Waals surface area contributed by atoms with E-state index in [9.17, 15) is 13.2 Å². The van der Waals surface area contributed by atoms with Gasteiger partial charge in [0.15, 0.2) is 0 Å². The van der Waals surface area contributed by atoms with Gasteiger partial charge in [0.2, 0.25) is 0 Å². The van der Waals surface area contributed by atoms with Crippen molar-refractivity contribution in [3.8, 4) is 0 Å². The average molecular weight is 336 g/mol. The van der Waals surface area contributed by atoms with E-state index in [1.165, 1.54) is 19.3 Å². The molecule has 0 saturated heterocycles. The van der Waals surface area contributed by atoms with Crippen LogP contribution in [0.25, 0.3) is 0 Å². The Morgan fingerprint density at radius 2 is 1.27 bits per heavy atom. The Hall–Kier alpha value is -0.620. The molecule has 1 unspecified atom stereocenters. The zero-order chi connectivity index (χ0) is 16.8. The number of hydrogen-bond donors (Lipinski definition) is 2. The van der Waals surface area contributed by atoms with E-state index in [1.54, 1.807) is 6.92 Å². The molecule has 0 radical (unpaired) electrons. The molecule has 0 aromatic heterocycles. The SMILES string of the molecule is CCC(CCCCCCCCCCCCC(=O)O)S(=O)(=O)O. The molecule has 0 aromatic rings. The summed E-state index contributed by atoms with van der Waals surface area (Å²) in [6, 6.07) is 0. The second-order valence-electron chi connectivity index (χ2n) is 6.01. The van der Waals surface area contributed by atoms with Gasteiger partial charge in [0.1, 0.15) is 0 Å². The summed E-state index contributed by atoms with van der Waals surface area (Å²) in [5.41, 5.74) is 0. The van der Waals surface area contributed by atoms with Crippen LogP contribution < -0.4 is 0 Å². The summed E-state index contributed by atoms with van der Waals surface area (Å²) in [6.45, 7) is 1.79. The van der Waals surface area contributed by atoms with E-state index >= 15 is 0 Å². The number of hydrogen-bond acceptors (Lipinski definition) is 3. The fraction of sp³-hybridized carbons (Fsp3) is 0.938. The lowest BCUT2D eigenvalue weighted by Gasteiger charge is -2.10. The molecule has 2 N–H and O–H groups in total. The van der Waals surface area contributed by atoms with Crippen molar-refractivity contribution < 1.29 is 22.9 Å². The quantitative estimate of drug-likeness (QED) is 0.341. The maximum absolute atomic E-state index is 11.0. The molecule has 1 atom stereocenters. The zero-order valence-corrected chi connectivity index (χ0v) is 14.6. The summed E-state index contributed by atoms with van der Waals surface area (Å²) in [4.78, 5) is 10.3. The van der Waals surface area contributed by atoms with E-state index in [1.807, 2.05) is 0 Å². The smallest absolute Gasteiger partial charge is 0.303 e. The van der Waals surface area contributed by atoms with Crippen molar-refractivity contribution in [3.05, 3.63) is 0 Å². The van der Waals surface area contributed by atoms with Gasteiger partial charge in [-0.1, -0.05) is 64.7 Å². The van der Waals surface area contributed by atoms with E-state index in [0.29, 0.717) is 12.8 Å². The van der Waals surface area contributed by atoms with Crippen LogP contribution in [-0.4, -0.2) is 29.3 Å². The molecular formula is C16H32O5S. The lowest BCUT2D eigenvalue weighted by atomic mass is 10.0. The van der Waals surface area contributed by atoms with Crippen molar-refractivity contribution in [2.45, 2.75) is 95.6 Å². The second-order valence-corrected chi connectivity index (χ2v) is 7.71. The molecule has 0 amide bonds. The Morgan fingerprint density at radius 3 is 1.64 bits per heavy atom. The minimum Gasteiger partial charge on any atom is -0.481 e. The first-order chi connectivity index (χ1) is 10.4. The summed E-state index contributed by atoms with van der Waals surface area (Å²) in [5, 5.41) is 7.91. The number of carboxylic acid groups (broad SMARTS) is 1. The van der Waals surface area contributed by atoms with Gasteiger partial charge in [-0.25, -0.2) is 0 Å². The lowest BCUT2D eigenvalue weighted by Crippen LogP contribution is -2.19. The van der Waals surface area contributed by atoms with Crippen molar-refractivity contribution in [1.29, 1.82) is 0 Å². The molecule has 0 heterocycles. The van der Waals surface area contributed by atoms with Gasteiger partial charge < -0.3 is 5.11 Å². The third-order valence-electron chi connectivity index (χ3n) is 4.04. The van der Waals surface area contributed by atoms with Crippen LogP contribution >= 0.6 is 0 Å². The second kappa shape index (κ2) is 12.9. The van der Waals surface area contributed by atoms with Crippen LogP contribution in [0.1, 0.15) is 90.4 Å². The molecule has 0 spiro atoms. The first-order valence-corrected chi connectivity index (χ1v) is 10.1. The van der Waals surface area contributed by atoms with Crippen molar-refractivity contribution >= 4 is 16.1 Å². The highest BCUT2D eigenvalue weighted by Gasteiger charge is 2.19. The molecule has 22 heavy (non-hydrogen) atoms. The third kappa shape index (κ3) is 13.1. The summed E-state index contributed by atoms with van der Waals surface area (Å²) >= 11 is 0. The van der Waals surface area contributed by atoms with Gasteiger partial charge >= 0.3 is 5.97 Å². The highest BCUT2D eigenvalue weighted by Crippen LogP contribution is 2.16. The maximum atomic E-state index is 11.0. The van der Waals surface area contributed by atoms with Crippen LogP contribution in [0.15, 0.2) is 0 Å². The molecule has 5 nitrogen and oxygen atoms in total. The van der Waals surface area contributed by atoms with E-state index in [0.717, 1.165) is 44.9 Å². The molecule has 0 aliphatic rings. The average Bonchev–Trinajstić information content (AvgIpc) is 2.42. The number of aliphatic carboxylic acids is 1. The predicted octanol–water partition coefficient (Wildman–Crippen LogP) is 4.42. The molecule has 0 aliphatic carbocycles. The van der Waals surface area contributed by atoms with Crippen LogP contribution in [0.2, 0.25) is 0 Å². The Morgan fingerprint density at radius 1 is 0.864 bits per heavy atom. The van der Waals surface area contributed by atoms with Gasteiger partial charge in [0.05, 0.1) is 5.25 Å². The first kappa shape index (κ1) is 21.4. The number of rotatable bonds is 15. The first-order valence-electron chi connectivity index (χ1n) is 8.56. The van der Waals surface area contributed by atoms with Crippen LogP contribution in [0.5, 0.6) is 0 Å². The highest BCUT2D eigenvalue weighted by molar-refractivity contribution is 7.86. The largest absolute Gasteiger partial charge is 0.481 e. The standard InChI is InChI=1S/C16H32O5S/c1-2-15(22(19,20)21)13-11-9-7-5-3-4-6-8-10-12-14-16(17)18/h15H,2-14H2,1H3,(H,17,18)(H,19,20,21). The highest BCUT2D eigenvalue weighted by atomic mass is 32.2. The maximum Gasteiger partial charge on any atom is 0.303 e. The van der Waals surface area contributed by atoms with Gasteiger partial charge in [0, 0.05) is 6.42 Å². The molecule has 0 aromatic carbocycles. The molecule has 0 rings (SSSR count). The molecule has 0 fully saturated rings. The van der Waals surface area contributed by atoms with Crippen LogP contribution in [0.4, 0.5) is 0 Å². The molecule has 6 heteroatoms. The van der Waals surface area contributed by atoms with E-state index in [2.05, 4.69) is 0 Å². The van der Waals surface area contributed by atoms with Crippen molar-refractivity contribution in [2.75, 3.05) is 0 Å². The Labute approximate surface area is 135 Å². The van der Waals surface area contributed by atoms with E-state index < -0.39 is 21.3 Å². The van der Waals surface area contributed by atoms with Crippen LogP contribution in [-0.2, 0) is 14.9 Å². The van der Waals surface area contributed by atoms with Crippen molar-refractivity contribution in [1.82, 2.24) is 0 Å². The van der Waals surface area contributed by atoms with Gasteiger partial charge in [-0.05, 0) is 19.3 Å². The predicted molar refractivity (Wildman–Crippen MR) is 88.7 cm³/mol. The van der Waals surface area contributed by atoms with E-state index in [4.69, 9.17) is 9.66 Å². The van der Waals surface area contributed by atoms with Crippen molar-refractivity contribution in [3.63, 3.8) is 0 Å². The number of unbranched alkanes of at least 4 members (excludes halogenated alkanes) is 9. The summed E-state index contributed by atoms with van der Waals surface area (Å²) < 4.78 is 31.1. The third-order valence-corrected chi connectivity index (χ3v) is 5.45. The van der Waals surface area contributed by atoms with E-state index in [-0.39, 0.29) is 6.42 Å². The monoisotopic (exact) mass is 336 g/mol. The summed E-state index contributed by atoms with van der Waals surface area (Å²) in [5.74, 6) is -0.709. The van der Waals surface area contributed by atoms with Crippen LogP contribution in [0, 0.1) is 0 Å². The zero-order valence-electron chi connectivity index (χ0n) is 13.8. The minimum atomic E-state index is -3.87. The molecule has 0 saturated carbocycles. The number of carbonyl (C=O) groups is 1. The summed E-state index contributed by atoms with van der Waals surface area (Å²) in [7, 11) is -3.87. The topological polar surface area (TPSA) is 91.7 Å². The lowest BCUT2D eigenvalue weighted by molar-refractivity contribution is -0.137. The number of carboxylic acids is 1. The Kier molecular flexibility index (Phi) is 12.5. The Bertz CT molecular complexity index is 378. The normalized spacial score (nSPS) is 13.2. The summed E-state index contributed by atoms with van der Waals surface area (Å²) in [6.07, 6.45) is 11.9. The molecule has 0 aliphatic heterocycles. The van der Waals surface area contributed by atoms with Gasteiger partial charge in [0.25, 0.3) is 10.1 Å². The minimum absolute atomic E-state index is 0.280. The molecule has 132 valence electrons.